The molecule has 0 aliphatic heterocycles. The fourth-order valence-corrected chi connectivity index (χ4v) is 4.28. The van der Waals surface area contributed by atoms with Crippen molar-refractivity contribution in [3.63, 3.8) is 0 Å². The zero-order valence-corrected chi connectivity index (χ0v) is 10.9. The van der Waals surface area contributed by atoms with Gasteiger partial charge in [-0.25, -0.2) is 8.42 Å². The van der Waals surface area contributed by atoms with E-state index in [0.717, 1.165) is 25.7 Å². The zero-order chi connectivity index (χ0) is 12.3. The van der Waals surface area contributed by atoms with Crippen LogP contribution in [0.3, 0.4) is 0 Å². The van der Waals surface area contributed by atoms with Gasteiger partial charge in [-0.05, 0) is 44.9 Å². The van der Waals surface area contributed by atoms with E-state index in [2.05, 4.69) is 5.32 Å². The third-order valence-corrected chi connectivity index (χ3v) is 5.87. The van der Waals surface area contributed by atoms with Crippen molar-refractivity contribution in [2.24, 2.45) is 0 Å². The normalized spacial score (nSPS) is 25.7. The summed E-state index contributed by atoms with van der Waals surface area (Å²) in [6, 6.07) is 9.28. The number of rotatable bonds is 3. The number of nitrogens with one attached hydrogen (secondary N) is 1. The maximum absolute atomic E-state index is 12.4. The minimum Gasteiger partial charge on any atom is -0.317 e. The molecule has 1 aromatic rings. The molecular weight excluding hydrogens is 234 g/mol. The third kappa shape index (κ3) is 2.69. The van der Waals surface area contributed by atoms with Crippen molar-refractivity contribution in [2.75, 3.05) is 7.05 Å². The molecule has 0 heterocycles. The van der Waals surface area contributed by atoms with Crippen LogP contribution < -0.4 is 5.32 Å². The molecule has 0 unspecified atom stereocenters. The Kier molecular flexibility index (Phi) is 3.84. The molecule has 0 atom stereocenters. The van der Waals surface area contributed by atoms with Crippen LogP contribution in [0.25, 0.3) is 0 Å². The fraction of sp³-hybridized carbons (Fsp3) is 0.538. The molecule has 1 aliphatic rings. The van der Waals surface area contributed by atoms with E-state index in [9.17, 15) is 8.42 Å². The quantitative estimate of drug-likeness (QED) is 0.896. The molecule has 0 radical (unpaired) electrons. The molecule has 1 aliphatic carbocycles. The van der Waals surface area contributed by atoms with Crippen molar-refractivity contribution in [3.05, 3.63) is 30.3 Å². The van der Waals surface area contributed by atoms with Gasteiger partial charge < -0.3 is 5.32 Å². The number of hydrogen-bond donors (Lipinski definition) is 1. The molecule has 0 amide bonds. The smallest absolute Gasteiger partial charge is 0.181 e. The van der Waals surface area contributed by atoms with E-state index in [-0.39, 0.29) is 5.25 Å². The lowest BCUT2D eigenvalue weighted by Crippen LogP contribution is -2.35. The van der Waals surface area contributed by atoms with Gasteiger partial charge in [0.1, 0.15) is 0 Å². The van der Waals surface area contributed by atoms with E-state index < -0.39 is 9.84 Å². The highest BCUT2D eigenvalue weighted by atomic mass is 32.2. The lowest BCUT2D eigenvalue weighted by molar-refractivity contribution is 0.391. The molecule has 0 bridgehead atoms. The number of sulfone groups is 1. The minimum atomic E-state index is -3.12. The van der Waals surface area contributed by atoms with Crippen LogP contribution in [0, 0.1) is 0 Å². The summed E-state index contributed by atoms with van der Waals surface area (Å²) >= 11 is 0. The topological polar surface area (TPSA) is 46.2 Å². The predicted octanol–water partition coefficient (Wildman–Crippen LogP) is 1.99. The van der Waals surface area contributed by atoms with Gasteiger partial charge in [-0.1, -0.05) is 18.2 Å². The number of benzene rings is 1. The van der Waals surface area contributed by atoms with Crippen molar-refractivity contribution in [3.8, 4) is 0 Å². The molecule has 0 aromatic heterocycles. The van der Waals surface area contributed by atoms with Gasteiger partial charge in [0.2, 0.25) is 0 Å². The first-order chi connectivity index (χ1) is 8.14. The van der Waals surface area contributed by atoms with E-state index in [1.54, 1.807) is 24.3 Å². The summed E-state index contributed by atoms with van der Waals surface area (Å²) in [6.07, 6.45) is 3.44. The van der Waals surface area contributed by atoms with Gasteiger partial charge in [0.05, 0.1) is 10.1 Å². The molecule has 1 fully saturated rings. The van der Waals surface area contributed by atoms with Crippen molar-refractivity contribution in [1.82, 2.24) is 5.32 Å². The first-order valence-electron chi connectivity index (χ1n) is 6.11. The van der Waals surface area contributed by atoms with Crippen LogP contribution in [0.15, 0.2) is 35.2 Å². The molecule has 4 heteroatoms. The Labute approximate surface area is 103 Å². The van der Waals surface area contributed by atoms with E-state index >= 15 is 0 Å². The van der Waals surface area contributed by atoms with Crippen molar-refractivity contribution in [1.29, 1.82) is 0 Å². The molecule has 1 saturated carbocycles. The van der Waals surface area contributed by atoms with Crippen LogP contribution >= 0.6 is 0 Å². The number of hydrogen-bond acceptors (Lipinski definition) is 3. The fourth-order valence-electron chi connectivity index (χ4n) is 2.46. The predicted molar refractivity (Wildman–Crippen MR) is 68.7 cm³/mol. The summed E-state index contributed by atoms with van der Waals surface area (Å²) in [5, 5.41) is 3.02. The second-order valence-corrected chi connectivity index (χ2v) is 6.85. The molecule has 2 rings (SSSR count). The standard InChI is InChI=1S/C13H19NO2S/c1-14-11-7-9-13(10-8-11)17(15,16)12-5-3-2-4-6-12/h2-6,11,13-14H,7-10H2,1H3. The van der Waals surface area contributed by atoms with Crippen molar-refractivity contribution in [2.45, 2.75) is 41.9 Å². The zero-order valence-electron chi connectivity index (χ0n) is 10.1. The van der Waals surface area contributed by atoms with Crippen LogP contribution in [-0.2, 0) is 9.84 Å². The first-order valence-corrected chi connectivity index (χ1v) is 7.65. The van der Waals surface area contributed by atoms with Crippen LogP contribution in [0.1, 0.15) is 25.7 Å². The Morgan fingerprint density at radius 2 is 1.65 bits per heavy atom. The van der Waals surface area contributed by atoms with Crippen molar-refractivity contribution >= 4 is 9.84 Å². The highest BCUT2D eigenvalue weighted by Crippen LogP contribution is 2.28. The monoisotopic (exact) mass is 253 g/mol. The van der Waals surface area contributed by atoms with E-state index in [4.69, 9.17) is 0 Å². The highest BCUT2D eigenvalue weighted by Gasteiger charge is 2.31. The van der Waals surface area contributed by atoms with Crippen molar-refractivity contribution < 1.29 is 8.42 Å². The Bertz CT molecular complexity index is 448. The van der Waals surface area contributed by atoms with Gasteiger partial charge in [0.15, 0.2) is 9.84 Å². The van der Waals surface area contributed by atoms with Crippen LogP contribution in [0.5, 0.6) is 0 Å². The molecule has 0 spiro atoms. The average Bonchev–Trinajstić information content (AvgIpc) is 2.40. The summed E-state index contributed by atoms with van der Waals surface area (Å²) in [5.74, 6) is 0. The molecule has 17 heavy (non-hydrogen) atoms. The van der Waals surface area contributed by atoms with Crippen LogP contribution in [0.2, 0.25) is 0 Å². The molecule has 1 N–H and O–H groups in total. The van der Waals surface area contributed by atoms with Gasteiger partial charge in [-0.3, -0.25) is 0 Å². The summed E-state index contributed by atoms with van der Waals surface area (Å²) < 4.78 is 24.7. The third-order valence-electron chi connectivity index (χ3n) is 3.59. The molecule has 1 aromatic carbocycles. The Morgan fingerprint density at radius 1 is 1.06 bits per heavy atom. The maximum atomic E-state index is 12.4. The molecule has 3 nitrogen and oxygen atoms in total. The largest absolute Gasteiger partial charge is 0.317 e. The minimum absolute atomic E-state index is 0.200. The van der Waals surface area contributed by atoms with Crippen LogP contribution in [0.4, 0.5) is 0 Å². The maximum Gasteiger partial charge on any atom is 0.181 e. The van der Waals surface area contributed by atoms with Crippen LogP contribution in [-0.4, -0.2) is 26.8 Å². The Hall–Kier alpha value is -0.870. The second kappa shape index (κ2) is 5.19. The van der Waals surface area contributed by atoms with Gasteiger partial charge >= 0.3 is 0 Å². The summed E-state index contributed by atoms with van der Waals surface area (Å²) in [4.78, 5) is 0.466. The molecule has 94 valence electrons. The van der Waals surface area contributed by atoms with E-state index in [1.165, 1.54) is 0 Å². The van der Waals surface area contributed by atoms with E-state index in [1.807, 2.05) is 13.1 Å². The lowest BCUT2D eigenvalue weighted by atomic mass is 9.95. The SMILES string of the molecule is CNC1CCC(S(=O)(=O)c2ccccc2)CC1. The summed E-state index contributed by atoms with van der Waals surface area (Å²) in [7, 11) is -1.18. The molecular formula is C13H19NO2S. The average molecular weight is 253 g/mol. The van der Waals surface area contributed by atoms with E-state index in [0.29, 0.717) is 10.9 Å². The Balaban J connectivity index is 2.13. The molecule has 0 saturated heterocycles. The van der Waals surface area contributed by atoms with Gasteiger partial charge in [-0.2, -0.15) is 0 Å². The highest BCUT2D eigenvalue weighted by molar-refractivity contribution is 7.92. The Morgan fingerprint density at radius 3 is 2.18 bits per heavy atom. The lowest BCUT2D eigenvalue weighted by Gasteiger charge is -2.27. The van der Waals surface area contributed by atoms with Gasteiger partial charge in [0.25, 0.3) is 0 Å². The summed E-state index contributed by atoms with van der Waals surface area (Å²) in [6.45, 7) is 0. The van der Waals surface area contributed by atoms with Gasteiger partial charge in [0, 0.05) is 6.04 Å². The van der Waals surface area contributed by atoms with Gasteiger partial charge in [-0.15, -0.1) is 0 Å². The first kappa shape index (κ1) is 12.6. The summed E-state index contributed by atoms with van der Waals surface area (Å²) in [5.41, 5.74) is 0. The second-order valence-electron chi connectivity index (χ2n) is 4.62.